The number of pyridine rings is 1. The minimum absolute atomic E-state index is 0.0762. The number of halogens is 1. The highest BCUT2D eigenvalue weighted by Crippen LogP contribution is 2.48. The molecule has 0 aliphatic carbocycles. The molecule has 0 radical (unpaired) electrons. The number of aromatic amines is 1. The standard InChI is InChI=1S/C24H28BrN3O7/c1-12-8-13(2)26-21(29)18(12)27(5)22(30)16-9-17(25)20-19(14(16)3)34-24(4,35-20)11-33-15-6-7-28(10-15)23(31)32/h8-9,15H,6-7,10-11H2,1-5H3,(H,26,29)(H,31,32)/t15-,24+/m0/s1. The molecule has 35 heavy (non-hydrogen) atoms. The van der Waals surface area contributed by atoms with E-state index in [4.69, 9.17) is 19.3 Å². The molecular formula is C24H28BrN3O7. The summed E-state index contributed by atoms with van der Waals surface area (Å²) in [6, 6.07) is 3.47. The van der Waals surface area contributed by atoms with Gasteiger partial charge in [0.1, 0.15) is 12.3 Å². The highest BCUT2D eigenvalue weighted by molar-refractivity contribution is 9.10. The van der Waals surface area contributed by atoms with Gasteiger partial charge in [0, 0.05) is 37.3 Å². The second-order valence-corrected chi connectivity index (χ2v) is 10.0. The monoisotopic (exact) mass is 549 g/mol. The van der Waals surface area contributed by atoms with Crippen molar-refractivity contribution in [2.75, 3.05) is 31.6 Å². The fourth-order valence-corrected chi connectivity index (χ4v) is 5.00. The minimum Gasteiger partial charge on any atom is -0.465 e. The van der Waals surface area contributed by atoms with Gasteiger partial charge in [-0.1, -0.05) is 0 Å². The number of carbonyl (C=O) groups excluding carboxylic acids is 1. The van der Waals surface area contributed by atoms with E-state index < -0.39 is 11.9 Å². The average molecular weight is 550 g/mol. The number of nitrogens with one attached hydrogen (secondary N) is 1. The Hall–Kier alpha value is -3.05. The molecule has 2 amide bonds. The van der Waals surface area contributed by atoms with Crippen LogP contribution in [0, 0.1) is 20.8 Å². The lowest BCUT2D eigenvalue weighted by atomic mass is 10.1. The molecule has 2 aliphatic rings. The number of fused-ring (bicyclic) bond motifs is 1. The van der Waals surface area contributed by atoms with Crippen molar-refractivity contribution in [3.05, 3.63) is 49.3 Å². The number of anilines is 1. The van der Waals surface area contributed by atoms with E-state index >= 15 is 0 Å². The Labute approximate surface area is 210 Å². The maximum Gasteiger partial charge on any atom is 0.407 e. The zero-order chi connectivity index (χ0) is 25.7. The lowest BCUT2D eigenvalue weighted by Crippen LogP contribution is -2.42. The van der Waals surface area contributed by atoms with E-state index in [-0.39, 0.29) is 29.9 Å². The Morgan fingerprint density at radius 3 is 2.60 bits per heavy atom. The number of aromatic nitrogens is 1. The molecule has 0 bridgehead atoms. The van der Waals surface area contributed by atoms with Gasteiger partial charge in [-0.25, -0.2) is 4.79 Å². The predicted octanol–water partition coefficient (Wildman–Crippen LogP) is 3.60. The first-order chi connectivity index (χ1) is 16.4. The summed E-state index contributed by atoms with van der Waals surface area (Å²) in [5.74, 6) is -0.646. The fraction of sp³-hybridized carbons (Fsp3) is 0.458. The molecule has 4 rings (SSSR count). The summed E-state index contributed by atoms with van der Waals surface area (Å²) in [6.45, 7) is 7.85. The molecule has 2 N–H and O–H groups in total. The molecule has 1 saturated heterocycles. The number of nitrogens with zero attached hydrogens (tertiary/aromatic N) is 2. The van der Waals surface area contributed by atoms with Crippen molar-refractivity contribution in [2.45, 2.75) is 46.0 Å². The van der Waals surface area contributed by atoms with Crippen LogP contribution in [0.1, 0.15) is 40.5 Å². The van der Waals surface area contributed by atoms with Crippen LogP contribution in [0.2, 0.25) is 0 Å². The molecule has 0 saturated carbocycles. The van der Waals surface area contributed by atoms with Gasteiger partial charge in [-0.05, 0) is 60.8 Å². The number of rotatable bonds is 5. The minimum atomic E-state index is -1.15. The molecule has 10 nitrogen and oxygen atoms in total. The van der Waals surface area contributed by atoms with E-state index in [1.807, 2.05) is 6.07 Å². The Kier molecular flexibility index (Phi) is 6.58. The average Bonchev–Trinajstić information content (AvgIpc) is 3.39. The van der Waals surface area contributed by atoms with Crippen LogP contribution in [0.25, 0.3) is 0 Å². The smallest absolute Gasteiger partial charge is 0.407 e. The van der Waals surface area contributed by atoms with Crippen molar-refractivity contribution in [1.82, 2.24) is 9.88 Å². The van der Waals surface area contributed by atoms with Crippen LogP contribution in [-0.2, 0) is 4.74 Å². The fourth-order valence-electron chi connectivity index (χ4n) is 4.51. The van der Waals surface area contributed by atoms with Crippen molar-refractivity contribution < 1.29 is 28.9 Å². The van der Waals surface area contributed by atoms with E-state index in [9.17, 15) is 14.4 Å². The van der Waals surface area contributed by atoms with Crippen molar-refractivity contribution in [1.29, 1.82) is 0 Å². The number of H-pyrrole nitrogens is 1. The van der Waals surface area contributed by atoms with Gasteiger partial charge in [0.15, 0.2) is 11.5 Å². The van der Waals surface area contributed by atoms with Gasteiger partial charge < -0.3 is 34.1 Å². The van der Waals surface area contributed by atoms with Gasteiger partial charge in [0.25, 0.3) is 17.3 Å². The van der Waals surface area contributed by atoms with Gasteiger partial charge in [-0.3, -0.25) is 9.59 Å². The number of ether oxygens (including phenoxy) is 3. The van der Waals surface area contributed by atoms with Crippen LogP contribution in [0.4, 0.5) is 10.5 Å². The number of hydrogen-bond donors (Lipinski definition) is 2. The zero-order valence-corrected chi connectivity index (χ0v) is 21.8. The van der Waals surface area contributed by atoms with Crippen molar-refractivity contribution in [3.8, 4) is 11.5 Å². The highest BCUT2D eigenvalue weighted by atomic mass is 79.9. The van der Waals surface area contributed by atoms with E-state index in [0.717, 1.165) is 0 Å². The number of likely N-dealkylation sites (tertiary alicyclic amines) is 1. The number of amides is 2. The van der Waals surface area contributed by atoms with E-state index in [1.165, 1.54) is 9.80 Å². The van der Waals surface area contributed by atoms with E-state index in [1.54, 1.807) is 40.8 Å². The Bertz CT molecular complexity index is 1260. The summed E-state index contributed by atoms with van der Waals surface area (Å²) >= 11 is 3.48. The SMILES string of the molecule is Cc1cc(C)c(N(C)C(=O)c2cc(Br)c3c(c2C)O[C@@](C)(CO[C@H]2CCN(C(=O)O)C2)O3)c(=O)[nH]1. The summed E-state index contributed by atoms with van der Waals surface area (Å²) in [7, 11) is 1.56. The van der Waals surface area contributed by atoms with Gasteiger partial charge >= 0.3 is 6.09 Å². The summed E-state index contributed by atoms with van der Waals surface area (Å²) in [5, 5.41) is 9.13. The highest BCUT2D eigenvalue weighted by Gasteiger charge is 2.42. The number of benzene rings is 1. The lowest BCUT2D eigenvalue weighted by molar-refractivity contribution is -0.132. The van der Waals surface area contributed by atoms with Crippen LogP contribution in [0.15, 0.2) is 21.4 Å². The first-order valence-electron chi connectivity index (χ1n) is 11.2. The van der Waals surface area contributed by atoms with Crippen molar-refractivity contribution in [2.24, 2.45) is 0 Å². The predicted molar refractivity (Wildman–Crippen MR) is 132 cm³/mol. The van der Waals surface area contributed by atoms with Gasteiger partial charge in [0.05, 0.1) is 17.1 Å². The summed E-state index contributed by atoms with van der Waals surface area (Å²) in [6.07, 6.45) is -0.613. The molecule has 1 aromatic carbocycles. The third-order valence-corrected chi connectivity index (χ3v) is 6.86. The zero-order valence-electron chi connectivity index (χ0n) is 20.2. The maximum atomic E-state index is 13.4. The molecule has 188 valence electrons. The summed E-state index contributed by atoms with van der Waals surface area (Å²) < 4.78 is 18.6. The Morgan fingerprint density at radius 1 is 1.29 bits per heavy atom. The quantitative estimate of drug-likeness (QED) is 0.584. The normalized spacial score (nSPS) is 20.9. The summed E-state index contributed by atoms with van der Waals surface area (Å²) in [4.78, 5) is 42.5. The molecule has 1 fully saturated rings. The Balaban J connectivity index is 1.54. The first-order valence-corrected chi connectivity index (χ1v) is 12.0. The topological polar surface area (TPSA) is 121 Å². The molecule has 0 unspecified atom stereocenters. The maximum absolute atomic E-state index is 13.4. The first kappa shape index (κ1) is 25.1. The molecule has 3 heterocycles. The molecule has 0 spiro atoms. The number of carbonyl (C=O) groups is 2. The third-order valence-electron chi connectivity index (χ3n) is 6.27. The van der Waals surface area contributed by atoms with Crippen molar-refractivity contribution in [3.63, 3.8) is 0 Å². The van der Waals surface area contributed by atoms with Crippen molar-refractivity contribution >= 4 is 33.6 Å². The van der Waals surface area contributed by atoms with E-state index in [2.05, 4.69) is 20.9 Å². The largest absolute Gasteiger partial charge is 0.465 e. The molecule has 1 aromatic heterocycles. The second kappa shape index (κ2) is 9.19. The van der Waals surface area contributed by atoms with Crippen LogP contribution >= 0.6 is 15.9 Å². The molecule has 2 atom stereocenters. The van der Waals surface area contributed by atoms with Gasteiger partial charge in [-0.15, -0.1) is 0 Å². The number of carboxylic acid groups (broad SMARTS) is 1. The number of hydrogen-bond acceptors (Lipinski definition) is 6. The third kappa shape index (κ3) is 4.74. The Morgan fingerprint density at radius 2 is 1.97 bits per heavy atom. The molecule has 11 heteroatoms. The van der Waals surface area contributed by atoms with Gasteiger partial charge in [0.2, 0.25) is 0 Å². The molecule has 2 aromatic rings. The van der Waals surface area contributed by atoms with Crippen LogP contribution in [-0.4, -0.2) is 65.6 Å². The van der Waals surface area contributed by atoms with Gasteiger partial charge in [-0.2, -0.15) is 0 Å². The van der Waals surface area contributed by atoms with Crippen LogP contribution in [0.5, 0.6) is 11.5 Å². The lowest BCUT2D eigenvalue weighted by Gasteiger charge is -2.25. The molecular weight excluding hydrogens is 522 g/mol. The van der Waals surface area contributed by atoms with Crippen LogP contribution < -0.4 is 19.9 Å². The summed E-state index contributed by atoms with van der Waals surface area (Å²) in [5.41, 5.74) is 2.28. The van der Waals surface area contributed by atoms with E-state index in [0.29, 0.717) is 57.9 Å². The molecule has 2 aliphatic heterocycles. The second-order valence-electron chi connectivity index (χ2n) is 9.15. The number of aryl methyl sites for hydroxylation is 2. The van der Waals surface area contributed by atoms with Crippen LogP contribution in [0.3, 0.4) is 0 Å².